The van der Waals surface area contributed by atoms with E-state index in [2.05, 4.69) is 52.2 Å². The molecule has 0 bridgehead atoms. The highest BCUT2D eigenvalue weighted by atomic mass is 79.9. The Bertz CT molecular complexity index is 488. The van der Waals surface area contributed by atoms with Gasteiger partial charge < -0.3 is 5.32 Å². The highest BCUT2D eigenvalue weighted by Crippen LogP contribution is 2.26. The summed E-state index contributed by atoms with van der Waals surface area (Å²) in [6.45, 7) is 6.03. The molecule has 0 spiro atoms. The average Bonchev–Trinajstić information content (AvgIpc) is 2.61. The van der Waals surface area contributed by atoms with Crippen molar-refractivity contribution >= 4 is 27.3 Å². The minimum Gasteiger partial charge on any atom is -0.308 e. The summed E-state index contributed by atoms with van der Waals surface area (Å²) < 4.78 is 1.21. The van der Waals surface area contributed by atoms with Crippen LogP contribution >= 0.6 is 27.3 Å². The smallest absolute Gasteiger partial charge is 0.0314 e. The van der Waals surface area contributed by atoms with Crippen molar-refractivity contribution in [2.75, 3.05) is 0 Å². The summed E-state index contributed by atoms with van der Waals surface area (Å²) in [5.41, 5.74) is 2.55. The number of nitrogens with one attached hydrogen (secondary N) is 1. The second kappa shape index (κ2) is 5.76. The van der Waals surface area contributed by atoms with Gasteiger partial charge in [-0.3, -0.25) is 4.98 Å². The lowest BCUT2D eigenvalue weighted by Gasteiger charge is -2.05. The van der Waals surface area contributed by atoms with Crippen molar-refractivity contribution in [3.63, 3.8) is 0 Å². The van der Waals surface area contributed by atoms with E-state index in [-0.39, 0.29) is 0 Å². The molecule has 2 heterocycles. The maximum Gasteiger partial charge on any atom is 0.0314 e. The molecule has 0 saturated carbocycles. The van der Waals surface area contributed by atoms with Crippen molar-refractivity contribution in [1.29, 1.82) is 0 Å². The SMILES string of the molecule is Cc1cnccc1CNCc1cc(Br)c(C)s1. The number of nitrogens with zero attached hydrogens (tertiary/aromatic N) is 1. The number of pyridine rings is 1. The molecule has 1 N–H and O–H groups in total. The molecule has 0 aliphatic heterocycles. The zero-order valence-electron chi connectivity index (χ0n) is 9.96. The Hall–Kier alpha value is -0.710. The van der Waals surface area contributed by atoms with Crippen molar-refractivity contribution in [2.45, 2.75) is 26.9 Å². The van der Waals surface area contributed by atoms with Crippen molar-refractivity contribution in [2.24, 2.45) is 0 Å². The molecule has 0 aromatic carbocycles. The molecule has 2 aromatic rings. The molecule has 0 atom stereocenters. The van der Waals surface area contributed by atoms with Gasteiger partial charge in [-0.1, -0.05) is 0 Å². The Morgan fingerprint density at radius 2 is 2.18 bits per heavy atom. The van der Waals surface area contributed by atoms with Crippen molar-refractivity contribution in [3.05, 3.63) is 49.9 Å². The number of hydrogen-bond acceptors (Lipinski definition) is 3. The van der Waals surface area contributed by atoms with Gasteiger partial charge in [-0.15, -0.1) is 11.3 Å². The first-order valence-corrected chi connectivity index (χ1v) is 7.13. The van der Waals surface area contributed by atoms with Gasteiger partial charge in [0.2, 0.25) is 0 Å². The molecule has 0 saturated heterocycles. The van der Waals surface area contributed by atoms with Crippen LogP contribution in [0.4, 0.5) is 0 Å². The summed E-state index contributed by atoms with van der Waals surface area (Å²) in [7, 11) is 0. The first kappa shape index (κ1) is 12.7. The number of halogens is 1. The van der Waals surface area contributed by atoms with Crippen LogP contribution in [0.1, 0.15) is 20.9 Å². The average molecular weight is 311 g/mol. The van der Waals surface area contributed by atoms with E-state index in [0.717, 1.165) is 13.1 Å². The molecule has 2 rings (SSSR count). The Kier molecular flexibility index (Phi) is 4.31. The number of aryl methyl sites for hydroxylation is 2. The second-order valence-corrected chi connectivity index (χ2v) is 6.22. The van der Waals surface area contributed by atoms with Gasteiger partial charge in [-0.2, -0.15) is 0 Å². The third-order valence-corrected chi connectivity index (χ3v) is 4.80. The fourth-order valence-corrected chi connectivity index (χ4v) is 3.20. The zero-order valence-corrected chi connectivity index (χ0v) is 12.4. The first-order chi connectivity index (χ1) is 8.16. The van der Waals surface area contributed by atoms with E-state index in [1.54, 1.807) is 0 Å². The molecule has 2 nitrogen and oxygen atoms in total. The molecular formula is C13H15BrN2S. The van der Waals surface area contributed by atoms with Gasteiger partial charge >= 0.3 is 0 Å². The monoisotopic (exact) mass is 310 g/mol. The van der Waals surface area contributed by atoms with E-state index in [1.165, 1.54) is 25.4 Å². The van der Waals surface area contributed by atoms with E-state index >= 15 is 0 Å². The van der Waals surface area contributed by atoms with Gasteiger partial charge in [-0.25, -0.2) is 0 Å². The summed E-state index contributed by atoms with van der Waals surface area (Å²) in [6, 6.07) is 4.25. The second-order valence-electron chi connectivity index (χ2n) is 4.02. The van der Waals surface area contributed by atoms with Crippen LogP contribution in [0.5, 0.6) is 0 Å². The topological polar surface area (TPSA) is 24.9 Å². The summed E-state index contributed by atoms with van der Waals surface area (Å²) >= 11 is 5.37. The Balaban J connectivity index is 1.90. The quantitative estimate of drug-likeness (QED) is 0.928. The van der Waals surface area contributed by atoms with Crippen LogP contribution < -0.4 is 5.32 Å². The lowest BCUT2D eigenvalue weighted by molar-refractivity contribution is 0.697. The molecule has 0 unspecified atom stereocenters. The molecule has 0 fully saturated rings. The van der Waals surface area contributed by atoms with Crippen molar-refractivity contribution in [3.8, 4) is 0 Å². The molecule has 0 aliphatic carbocycles. The summed E-state index contributed by atoms with van der Waals surface area (Å²) in [6.07, 6.45) is 3.75. The van der Waals surface area contributed by atoms with Crippen molar-refractivity contribution in [1.82, 2.24) is 10.3 Å². The predicted octanol–water partition coefficient (Wildman–Crippen LogP) is 3.81. The number of aromatic nitrogens is 1. The number of thiophene rings is 1. The number of rotatable bonds is 4. The first-order valence-electron chi connectivity index (χ1n) is 5.52. The van der Waals surface area contributed by atoms with Gasteiger partial charge in [0.05, 0.1) is 0 Å². The lowest BCUT2D eigenvalue weighted by Crippen LogP contribution is -2.12. The molecule has 17 heavy (non-hydrogen) atoms. The van der Waals surface area contributed by atoms with E-state index in [1.807, 2.05) is 23.7 Å². The number of hydrogen-bond donors (Lipinski definition) is 1. The van der Waals surface area contributed by atoms with E-state index in [9.17, 15) is 0 Å². The van der Waals surface area contributed by atoms with Gasteiger partial charge in [0.1, 0.15) is 0 Å². The standard InChI is InChI=1S/C13H15BrN2S/c1-9-6-15-4-3-11(9)7-16-8-12-5-13(14)10(2)17-12/h3-6,16H,7-8H2,1-2H3. The van der Waals surface area contributed by atoms with Crippen LogP contribution in [-0.4, -0.2) is 4.98 Å². The fraction of sp³-hybridized carbons (Fsp3) is 0.308. The zero-order chi connectivity index (χ0) is 12.3. The van der Waals surface area contributed by atoms with E-state index in [0.29, 0.717) is 0 Å². The molecule has 0 radical (unpaired) electrons. The Morgan fingerprint density at radius 3 is 2.82 bits per heavy atom. The predicted molar refractivity (Wildman–Crippen MR) is 76.3 cm³/mol. The van der Waals surface area contributed by atoms with Crippen LogP contribution in [0, 0.1) is 13.8 Å². The van der Waals surface area contributed by atoms with Crippen LogP contribution in [0.15, 0.2) is 29.0 Å². The van der Waals surface area contributed by atoms with Gasteiger partial charge in [-0.05, 0) is 53.0 Å². The normalized spacial score (nSPS) is 10.8. The third kappa shape index (κ3) is 3.37. The van der Waals surface area contributed by atoms with Crippen LogP contribution in [0.25, 0.3) is 0 Å². The maximum atomic E-state index is 4.09. The van der Waals surface area contributed by atoms with Crippen LogP contribution in [-0.2, 0) is 13.1 Å². The minimum atomic E-state index is 0.892. The highest BCUT2D eigenvalue weighted by molar-refractivity contribution is 9.10. The van der Waals surface area contributed by atoms with Crippen LogP contribution in [0.2, 0.25) is 0 Å². The molecule has 2 aromatic heterocycles. The van der Waals surface area contributed by atoms with Gasteiger partial charge in [0, 0.05) is 39.7 Å². The largest absolute Gasteiger partial charge is 0.308 e. The van der Waals surface area contributed by atoms with Crippen LogP contribution in [0.3, 0.4) is 0 Å². The van der Waals surface area contributed by atoms with Gasteiger partial charge in [0.15, 0.2) is 0 Å². The van der Waals surface area contributed by atoms with E-state index in [4.69, 9.17) is 0 Å². The summed E-state index contributed by atoms with van der Waals surface area (Å²) in [5.74, 6) is 0. The highest BCUT2D eigenvalue weighted by Gasteiger charge is 2.03. The fourth-order valence-electron chi connectivity index (χ4n) is 1.63. The molecule has 0 aliphatic rings. The molecule has 90 valence electrons. The molecule has 4 heteroatoms. The lowest BCUT2D eigenvalue weighted by atomic mass is 10.1. The minimum absolute atomic E-state index is 0.892. The molecule has 0 amide bonds. The molecular weight excluding hydrogens is 296 g/mol. The summed E-state index contributed by atoms with van der Waals surface area (Å²) in [5, 5.41) is 3.46. The van der Waals surface area contributed by atoms with Crippen molar-refractivity contribution < 1.29 is 0 Å². The Morgan fingerprint density at radius 1 is 1.35 bits per heavy atom. The van der Waals surface area contributed by atoms with Gasteiger partial charge in [0.25, 0.3) is 0 Å². The summed E-state index contributed by atoms with van der Waals surface area (Å²) in [4.78, 5) is 6.79. The third-order valence-electron chi connectivity index (χ3n) is 2.66. The maximum absolute atomic E-state index is 4.09. The Labute approximate surface area is 114 Å². The van der Waals surface area contributed by atoms with E-state index < -0.39 is 0 Å².